The number of hydrogen-bond donors (Lipinski definition) is 3. The quantitative estimate of drug-likeness (QED) is 0.283. The molecule has 0 heterocycles. The zero-order chi connectivity index (χ0) is 26.1. The Labute approximate surface area is 209 Å². The normalized spacial score (nSPS) is 11.4. The van der Waals surface area contributed by atoms with Gasteiger partial charge in [-0.3, -0.25) is 9.59 Å². The molecule has 0 saturated heterocycles. The van der Waals surface area contributed by atoms with Gasteiger partial charge >= 0.3 is 0 Å². The average Bonchev–Trinajstić information content (AvgIpc) is 2.85. The fourth-order valence-electron chi connectivity index (χ4n) is 3.25. The molecule has 0 saturated carbocycles. The van der Waals surface area contributed by atoms with Gasteiger partial charge in [-0.15, -0.1) is 0 Å². The molecular weight excluding hydrogens is 484 g/mol. The van der Waals surface area contributed by atoms with Gasteiger partial charge in [0, 0.05) is 24.7 Å². The summed E-state index contributed by atoms with van der Waals surface area (Å²) in [7, 11) is -2.67. The minimum absolute atomic E-state index is 0.0369. The van der Waals surface area contributed by atoms with Gasteiger partial charge in [0.15, 0.2) is 11.5 Å². The molecule has 10 nitrogen and oxygen atoms in total. The molecule has 11 heteroatoms. The number of sulfonamides is 1. The van der Waals surface area contributed by atoms with Crippen molar-refractivity contribution < 1.29 is 27.9 Å². The summed E-state index contributed by atoms with van der Waals surface area (Å²) in [4.78, 5) is 23.8. The second-order valence-corrected chi connectivity index (χ2v) is 9.59. The molecule has 36 heavy (non-hydrogen) atoms. The van der Waals surface area contributed by atoms with Crippen LogP contribution in [0.15, 0.2) is 82.8 Å². The van der Waals surface area contributed by atoms with Gasteiger partial charge in [-0.1, -0.05) is 36.4 Å². The highest BCUT2D eigenvalue weighted by atomic mass is 32.2. The van der Waals surface area contributed by atoms with Crippen molar-refractivity contribution in [3.63, 3.8) is 0 Å². The van der Waals surface area contributed by atoms with Crippen molar-refractivity contribution in [3.8, 4) is 11.5 Å². The Kier molecular flexibility index (Phi) is 8.76. The summed E-state index contributed by atoms with van der Waals surface area (Å²) in [6.45, 7) is 0.791. The SMILES string of the molecule is COc1cccc(/C=N/NC(=O)CN(Cc2ccccc2)S(=O)(=O)c2ccc(NC(C)=O)cc2)c1O. The van der Waals surface area contributed by atoms with E-state index in [2.05, 4.69) is 15.8 Å². The molecule has 188 valence electrons. The van der Waals surface area contributed by atoms with E-state index in [1.807, 2.05) is 0 Å². The Hall–Kier alpha value is -4.22. The van der Waals surface area contributed by atoms with E-state index >= 15 is 0 Å². The standard InChI is InChI=1S/C25H26N4O6S/c1-18(30)27-21-11-13-22(14-12-21)36(33,34)29(16-19-7-4-3-5-8-19)17-24(31)28-26-15-20-9-6-10-23(35-2)25(20)32/h3-15,32H,16-17H2,1-2H3,(H,27,30)(H,28,31)/b26-15+. The van der Waals surface area contributed by atoms with Crippen molar-refractivity contribution in [3.05, 3.63) is 83.9 Å². The number of nitrogens with one attached hydrogen (secondary N) is 2. The number of hydrogen-bond acceptors (Lipinski definition) is 7. The van der Waals surface area contributed by atoms with Gasteiger partial charge in [-0.25, -0.2) is 13.8 Å². The van der Waals surface area contributed by atoms with Crippen molar-refractivity contribution in [2.24, 2.45) is 5.10 Å². The minimum atomic E-state index is -4.08. The third-order valence-electron chi connectivity index (χ3n) is 4.98. The molecule has 0 aliphatic heterocycles. The molecule has 0 spiro atoms. The van der Waals surface area contributed by atoms with E-state index in [-0.39, 0.29) is 28.8 Å². The van der Waals surface area contributed by atoms with Crippen LogP contribution >= 0.6 is 0 Å². The Morgan fingerprint density at radius 3 is 2.36 bits per heavy atom. The van der Waals surface area contributed by atoms with Crippen LogP contribution in [0.25, 0.3) is 0 Å². The van der Waals surface area contributed by atoms with Gasteiger partial charge in [0.25, 0.3) is 5.91 Å². The van der Waals surface area contributed by atoms with E-state index in [4.69, 9.17) is 4.74 Å². The van der Waals surface area contributed by atoms with Crippen LogP contribution < -0.4 is 15.5 Å². The lowest BCUT2D eigenvalue weighted by molar-refractivity contribution is -0.121. The zero-order valence-electron chi connectivity index (χ0n) is 19.7. The molecule has 2 amide bonds. The number of nitrogens with zero attached hydrogens (tertiary/aromatic N) is 2. The maximum Gasteiger partial charge on any atom is 0.255 e. The van der Waals surface area contributed by atoms with Crippen LogP contribution in [0.3, 0.4) is 0 Å². The lowest BCUT2D eigenvalue weighted by Gasteiger charge is -2.21. The molecule has 0 radical (unpaired) electrons. The number of phenolic OH excluding ortho intramolecular Hbond substituents is 1. The first-order valence-electron chi connectivity index (χ1n) is 10.8. The number of amides is 2. The van der Waals surface area contributed by atoms with Crippen molar-refractivity contribution in [2.45, 2.75) is 18.4 Å². The number of rotatable bonds is 10. The molecule has 0 unspecified atom stereocenters. The molecule has 0 aromatic heterocycles. The number of ether oxygens (including phenoxy) is 1. The van der Waals surface area contributed by atoms with Gasteiger partial charge < -0.3 is 15.2 Å². The van der Waals surface area contributed by atoms with Gasteiger partial charge in [-0.2, -0.15) is 9.41 Å². The predicted octanol–water partition coefficient (Wildman–Crippen LogP) is 2.70. The third-order valence-corrected chi connectivity index (χ3v) is 6.78. The fourth-order valence-corrected chi connectivity index (χ4v) is 4.64. The first-order chi connectivity index (χ1) is 17.2. The van der Waals surface area contributed by atoms with E-state index < -0.39 is 22.5 Å². The monoisotopic (exact) mass is 510 g/mol. The van der Waals surface area contributed by atoms with Gasteiger partial charge in [0.05, 0.1) is 24.8 Å². The minimum Gasteiger partial charge on any atom is -0.504 e. The smallest absolute Gasteiger partial charge is 0.255 e. The molecule has 0 aliphatic carbocycles. The van der Waals surface area contributed by atoms with Gasteiger partial charge in [0.2, 0.25) is 15.9 Å². The summed E-state index contributed by atoms with van der Waals surface area (Å²) < 4.78 is 32.8. The first kappa shape index (κ1) is 26.4. The highest BCUT2D eigenvalue weighted by molar-refractivity contribution is 7.89. The summed E-state index contributed by atoms with van der Waals surface area (Å²) in [6, 6.07) is 19.3. The average molecular weight is 511 g/mol. The maximum atomic E-state index is 13.4. The number of carbonyl (C=O) groups excluding carboxylic acids is 2. The summed E-state index contributed by atoms with van der Waals surface area (Å²) in [5.74, 6) is -0.859. The summed E-state index contributed by atoms with van der Waals surface area (Å²) in [5.41, 5.74) is 3.74. The third kappa shape index (κ3) is 6.90. The number of benzene rings is 3. The Bertz CT molecular complexity index is 1340. The molecule has 3 N–H and O–H groups in total. The lowest BCUT2D eigenvalue weighted by Crippen LogP contribution is -2.39. The van der Waals surface area contributed by atoms with Crippen LogP contribution in [0.4, 0.5) is 5.69 Å². The Morgan fingerprint density at radius 1 is 1.03 bits per heavy atom. The van der Waals surface area contributed by atoms with Crippen LogP contribution in [-0.2, 0) is 26.2 Å². The van der Waals surface area contributed by atoms with Crippen molar-refractivity contribution in [1.82, 2.24) is 9.73 Å². The van der Waals surface area contributed by atoms with Gasteiger partial charge in [0.1, 0.15) is 0 Å². The number of methoxy groups -OCH3 is 1. The molecule has 3 aromatic rings. The number of phenols is 1. The first-order valence-corrected chi connectivity index (χ1v) is 12.2. The zero-order valence-corrected chi connectivity index (χ0v) is 20.5. The highest BCUT2D eigenvalue weighted by Gasteiger charge is 2.27. The van der Waals surface area contributed by atoms with Crippen LogP contribution in [0.2, 0.25) is 0 Å². The molecule has 0 bridgehead atoms. The van der Waals surface area contributed by atoms with E-state index in [0.717, 1.165) is 4.31 Å². The van der Waals surface area contributed by atoms with E-state index in [0.29, 0.717) is 16.8 Å². The lowest BCUT2D eigenvalue weighted by atomic mass is 10.2. The molecule has 0 atom stereocenters. The van der Waals surface area contributed by atoms with Gasteiger partial charge in [-0.05, 0) is 42.0 Å². The Balaban J connectivity index is 1.79. The number of hydrazone groups is 1. The van der Waals surface area contributed by atoms with Crippen LogP contribution in [-0.4, -0.2) is 49.5 Å². The summed E-state index contributed by atoms with van der Waals surface area (Å²) in [5, 5.41) is 16.5. The topological polar surface area (TPSA) is 137 Å². The van der Waals surface area contributed by atoms with Crippen LogP contribution in [0.5, 0.6) is 11.5 Å². The highest BCUT2D eigenvalue weighted by Crippen LogP contribution is 2.28. The maximum absolute atomic E-state index is 13.4. The summed E-state index contributed by atoms with van der Waals surface area (Å²) in [6.07, 6.45) is 1.23. The molecule has 0 fully saturated rings. The second kappa shape index (κ2) is 12.0. The molecule has 3 rings (SSSR count). The van der Waals surface area contributed by atoms with Crippen LogP contribution in [0, 0.1) is 0 Å². The number of anilines is 1. The van der Waals surface area contributed by atoms with Crippen molar-refractivity contribution in [2.75, 3.05) is 19.0 Å². The fraction of sp³-hybridized carbons (Fsp3) is 0.160. The Morgan fingerprint density at radius 2 is 1.72 bits per heavy atom. The van der Waals surface area contributed by atoms with E-state index in [1.165, 1.54) is 44.5 Å². The number of aromatic hydroxyl groups is 1. The molecular formula is C25H26N4O6S. The van der Waals surface area contributed by atoms with Crippen molar-refractivity contribution in [1.29, 1.82) is 0 Å². The number of para-hydroxylation sites is 1. The van der Waals surface area contributed by atoms with E-state index in [9.17, 15) is 23.1 Å². The second-order valence-electron chi connectivity index (χ2n) is 7.66. The van der Waals surface area contributed by atoms with Crippen molar-refractivity contribution >= 4 is 33.7 Å². The van der Waals surface area contributed by atoms with Crippen LogP contribution in [0.1, 0.15) is 18.1 Å². The largest absolute Gasteiger partial charge is 0.504 e. The molecule has 3 aromatic carbocycles. The number of carbonyl (C=O) groups is 2. The summed E-state index contributed by atoms with van der Waals surface area (Å²) >= 11 is 0. The molecule has 0 aliphatic rings. The van der Waals surface area contributed by atoms with E-state index in [1.54, 1.807) is 48.5 Å². The predicted molar refractivity (Wildman–Crippen MR) is 135 cm³/mol.